The summed E-state index contributed by atoms with van der Waals surface area (Å²) in [7, 11) is 0. The van der Waals surface area contributed by atoms with Crippen molar-refractivity contribution in [2.24, 2.45) is 0 Å². The fraction of sp³-hybridized carbons (Fsp3) is 0.429. The van der Waals surface area contributed by atoms with Crippen LogP contribution in [-0.2, 0) is 0 Å². The van der Waals surface area contributed by atoms with Crippen LogP contribution in [0.1, 0.15) is 19.5 Å². The van der Waals surface area contributed by atoms with Crippen LogP contribution in [0.15, 0.2) is 12.5 Å². The summed E-state index contributed by atoms with van der Waals surface area (Å²) in [5, 5.41) is 0. The molecule has 10 heavy (non-hydrogen) atoms. The molecule has 2 nitrogen and oxygen atoms in total. The zero-order valence-electron chi connectivity index (χ0n) is 6.76. The Morgan fingerprint density at radius 1 is 1.40 bits per heavy atom. The second-order valence-electron chi connectivity index (χ2n) is 1.25. The molecule has 0 unspecified atom stereocenters. The third-order valence-electron chi connectivity index (χ3n) is 0.666. The van der Waals surface area contributed by atoms with Gasteiger partial charge in [0.15, 0.2) is 0 Å². The van der Waals surface area contributed by atoms with Crippen molar-refractivity contribution in [2.45, 2.75) is 20.8 Å². The van der Waals surface area contributed by atoms with Gasteiger partial charge in [-0.3, -0.25) is 9.97 Å². The molecule has 0 aliphatic rings. The fourth-order valence-electron chi connectivity index (χ4n) is 0.321. The minimum absolute atomic E-state index is 0. The average molecular weight is 390 g/mol. The zero-order chi connectivity index (χ0) is 7.11. The molecule has 0 aromatic carbocycles. The van der Waals surface area contributed by atoms with E-state index in [2.05, 4.69) is 16.0 Å². The van der Waals surface area contributed by atoms with Crippen molar-refractivity contribution < 1.29 is 0 Å². The van der Waals surface area contributed by atoms with Gasteiger partial charge in [-0.25, -0.2) is 0 Å². The van der Waals surface area contributed by atoms with Crippen LogP contribution in [0.3, 0.4) is 0 Å². The van der Waals surface area contributed by atoms with Crippen LogP contribution >= 0.6 is 0 Å². The number of nitrogens with zero attached hydrogens (tertiary/aromatic N) is 2. The molecular weight excluding hydrogens is 379 g/mol. The fourth-order valence-corrected chi connectivity index (χ4v) is 0.321. The molecule has 0 radical (unpaired) electrons. The van der Waals surface area contributed by atoms with Crippen LogP contribution in [0.2, 0.25) is 0 Å². The predicted molar refractivity (Wildman–Crippen MR) is 37.0 cm³/mol. The molecule has 0 spiro atoms. The van der Waals surface area contributed by atoms with Gasteiger partial charge in [0.05, 0.1) is 0 Å². The maximum Gasteiger partial charge on any atom is 0.108 e. The predicted octanol–water partition coefficient (Wildman–Crippen LogP) is 1.61. The summed E-state index contributed by atoms with van der Waals surface area (Å²) in [6, 6.07) is 2.81. The monoisotopic (exact) mass is 390 g/mol. The largest absolute Gasteiger partial charge is 0.431 e. The van der Waals surface area contributed by atoms with Gasteiger partial charge in [0.1, 0.15) is 6.33 Å². The molecule has 0 saturated heterocycles. The smallest absolute Gasteiger partial charge is 0.108 e. The Hall–Kier alpha value is -1.92. The summed E-state index contributed by atoms with van der Waals surface area (Å²) >= 11 is 0. The minimum atomic E-state index is 0. The average Bonchev–Trinajstić information content (AvgIpc) is 1.94. The second kappa shape index (κ2) is 7.08. The Morgan fingerprint density at radius 3 is 2.20 bits per heavy atom. The summed E-state index contributed by atoms with van der Waals surface area (Å²) in [4.78, 5) is 7.49. The summed E-state index contributed by atoms with van der Waals surface area (Å²) in [5.41, 5.74) is 0.884. The Labute approximate surface area is 56.0 Å². The van der Waals surface area contributed by atoms with E-state index in [9.17, 15) is 0 Å². The Kier molecular flexibility index (Phi) is 7.76. The number of aryl methyl sites for hydroxylation is 1. The van der Waals surface area contributed by atoms with Crippen molar-refractivity contribution in [3.8, 4) is 0 Å². The van der Waals surface area contributed by atoms with E-state index in [0.29, 0.717) is 0 Å². The van der Waals surface area contributed by atoms with Gasteiger partial charge in [-0.05, 0) is 0 Å². The van der Waals surface area contributed by atoms with Gasteiger partial charge in [-0.15, -0.1) is 11.9 Å². The van der Waals surface area contributed by atoms with E-state index in [1.165, 1.54) is 6.33 Å². The van der Waals surface area contributed by atoms with Crippen molar-refractivity contribution in [1.82, 2.24) is 9.97 Å². The first-order valence-corrected chi connectivity index (χ1v) is 3.04. The van der Waals surface area contributed by atoms with Gasteiger partial charge in [0.2, 0.25) is 0 Å². The molecule has 0 saturated carbocycles. The zero-order valence-corrected chi connectivity index (χ0v) is 13.2. The number of aromatic nitrogens is 2. The maximum absolute atomic E-state index is 3.81. The SMILES string of the molecule is CC.Cc1[c-]cncn1.[Rf]. The quantitative estimate of drug-likeness (QED) is 0.630. The van der Waals surface area contributed by atoms with Gasteiger partial charge in [-0.1, -0.05) is 20.8 Å². The van der Waals surface area contributed by atoms with Crippen molar-refractivity contribution in [1.29, 1.82) is 0 Å². The molecule has 1 heterocycles. The molecule has 1 rings (SSSR count). The molecule has 3 heteroatoms. The Morgan fingerprint density at radius 2 is 2.00 bits per heavy atom. The van der Waals surface area contributed by atoms with Gasteiger partial charge in [0, 0.05) is 0 Å². The van der Waals surface area contributed by atoms with Crippen molar-refractivity contribution in [3.63, 3.8) is 0 Å². The van der Waals surface area contributed by atoms with Crippen LogP contribution in [0.5, 0.6) is 0 Å². The van der Waals surface area contributed by atoms with E-state index < -0.39 is 0 Å². The molecule has 0 N–H and O–H groups in total. The first kappa shape index (κ1) is 11.0. The molecule has 1 aromatic heterocycles. The van der Waals surface area contributed by atoms with E-state index in [1.54, 1.807) is 6.20 Å². The van der Waals surface area contributed by atoms with E-state index in [0.717, 1.165) is 5.69 Å². The van der Waals surface area contributed by atoms with Crippen molar-refractivity contribution in [2.75, 3.05) is 0 Å². The van der Waals surface area contributed by atoms with Gasteiger partial charge in [-0.2, -0.15) is 0 Å². The molecule has 0 atom stereocenters. The normalized spacial score (nSPS) is 6.70. The summed E-state index contributed by atoms with van der Waals surface area (Å²) in [6.07, 6.45) is 3.11. The maximum atomic E-state index is 3.81. The van der Waals surface area contributed by atoms with Gasteiger partial charge in [0.25, 0.3) is 0 Å². The topological polar surface area (TPSA) is 25.8 Å². The summed E-state index contributed by atoms with van der Waals surface area (Å²) in [6.45, 7) is 5.88. The van der Waals surface area contributed by atoms with Crippen molar-refractivity contribution in [3.05, 3.63) is 24.3 Å². The third kappa shape index (κ3) is 4.24. The molecule has 1 aromatic rings. The van der Waals surface area contributed by atoms with E-state index in [-0.39, 0.29) is 0 Å². The molecule has 0 fully saturated rings. The minimum Gasteiger partial charge on any atom is -0.431 e. The first-order chi connectivity index (χ1) is 4.39. The van der Waals surface area contributed by atoms with Crippen LogP contribution in [-0.4, -0.2) is 9.97 Å². The first-order valence-electron chi connectivity index (χ1n) is 3.04. The number of hydrogen-bond donors (Lipinski definition) is 0. The Bertz CT molecular complexity index is 142. The second-order valence-corrected chi connectivity index (χ2v) is 1.25. The van der Waals surface area contributed by atoms with Crippen molar-refractivity contribution >= 4 is 0 Å². The molecule has 52 valence electrons. The molecule has 0 aliphatic carbocycles. The molecule has 0 bridgehead atoms. The molecule has 0 aliphatic heterocycles. The molecule has 0 amide bonds. The molecular formula is C7H11N2Rf-. The van der Waals surface area contributed by atoms with Crippen LogP contribution < -0.4 is 0 Å². The van der Waals surface area contributed by atoms with E-state index in [1.807, 2.05) is 20.8 Å². The number of hydrogen-bond acceptors (Lipinski definition) is 2. The Balaban J connectivity index is 0. The summed E-state index contributed by atoms with van der Waals surface area (Å²) < 4.78 is 0. The van der Waals surface area contributed by atoms with Crippen LogP contribution in [0, 0.1) is 13.0 Å². The van der Waals surface area contributed by atoms with Crippen LogP contribution in [0.4, 0.5) is 0 Å². The van der Waals surface area contributed by atoms with Gasteiger partial charge < -0.3 is 6.07 Å². The van der Waals surface area contributed by atoms with E-state index >= 15 is 0 Å². The van der Waals surface area contributed by atoms with Gasteiger partial charge >= 0.3 is 0 Å². The third-order valence-corrected chi connectivity index (χ3v) is 0.666. The number of rotatable bonds is 0. The summed E-state index contributed by atoms with van der Waals surface area (Å²) in [5.74, 6) is 0. The van der Waals surface area contributed by atoms with Crippen LogP contribution in [0.25, 0.3) is 0 Å². The van der Waals surface area contributed by atoms with E-state index in [4.69, 9.17) is 0 Å². The standard InChI is InChI=1S/C5H5N2.C2H6.Rf/c1-5-2-3-6-4-7-5;1-2;/h3-4H,1H3;1-2H3;/q-1;;.